The van der Waals surface area contributed by atoms with Crippen molar-refractivity contribution in [3.63, 3.8) is 0 Å². The summed E-state index contributed by atoms with van der Waals surface area (Å²) in [6.45, 7) is 1.76. The van der Waals surface area contributed by atoms with Crippen molar-refractivity contribution in [3.8, 4) is 0 Å². The van der Waals surface area contributed by atoms with Gasteiger partial charge in [-0.05, 0) is 24.1 Å². The second kappa shape index (κ2) is 9.32. The molecule has 3 aromatic rings. The normalized spacial score (nSPS) is 11.8. The van der Waals surface area contributed by atoms with E-state index in [1.807, 2.05) is 60.7 Å². The summed E-state index contributed by atoms with van der Waals surface area (Å²) in [4.78, 5) is 23.0. The maximum Gasteiger partial charge on any atom is 0.271 e. The summed E-state index contributed by atoms with van der Waals surface area (Å²) in [7, 11) is 0. The van der Waals surface area contributed by atoms with Gasteiger partial charge in [-0.2, -0.15) is 0 Å². The Morgan fingerprint density at radius 3 is 2.00 bits per heavy atom. The number of carbonyl (C=O) groups is 1. The van der Waals surface area contributed by atoms with Crippen LogP contribution in [0.25, 0.3) is 0 Å². The molecular weight excluding hydrogens is 390 g/mol. The molecule has 6 nitrogen and oxygen atoms in total. The van der Waals surface area contributed by atoms with E-state index in [4.69, 9.17) is 11.6 Å². The average molecular weight is 410 g/mol. The van der Waals surface area contributed by atoms with Crippen molar-refractivity contribution in [1.82, 2.24) is 5.32 Å². The van der Waals surface area contributed by atoms with Gasteiger partial charge in [-0.15, -0.1) is 0 Å². The van der Waals surface area contributed by atoms with Crippen molar-refractivity contribution >= 4 is 28.9 Å². The summed E-state index contributed by atoms with van der Waals surface area (Å²) in [6.07, 6.45) is 0. The molecule has 0 fully saturated rings. The Morgan fingerprint density at radius 2 is 1.52 bits per heavy atom. The fraction of sp³-hybridized carbons (Fsp3) is 0.136. The molecular formula is C22H20ClN3O3. The molecule has 148 valence electrons. The zero-order chi connectivity index (χ0) is 20.8. The predicted molar refractivity (Wildman–Crippen MR) is 114 cm³/mol. The second-order valence-corrected chi connectivity index (χ2v) is 6.96. The lowest BCUT2D eigenvalue weighted by atomic mass is 9.98. The number of nitrogens with one attached hydrogen (secondary N) is 2. The molecule has 7 heteroatoms. The first-order valence-corrected chi connectivity index (χ1v) is 9.44. The molecule has 0 aliphatic carbocycles. The topological polar surface area (TPSA) is 84.3 Å². The van der Waals surface area contributed by atoms with Gasteiger partial charge in [-0.1, -0.05) is 72.3 Å². The van der Waals surface area contributed by atoms with Crippen LogP contribution in [0.1, 0.15) is 24.1 Å². The summed E-state index contributed by atoms with van der Waals surface area (Å²) in [6, 6.07) is 22.9. The monoisotopic (exact) mass is 409 g/mol. The molecule has 0 spiro atoms. The fourth-order valence-corrected chi connectivity index (χ4v) is 3.18. The smallest absolute Gasteiger partial charge is 0.271 e. The molecule has 1 atom stereocenters. The van der Waals surface area contributed by atoms with Crippen LogP contribution in [0.15, 0.2) is 78.9 Å². The largest absolute Gasteiger partial charge is 0.323 e. The third kappa shape index (κ3) is 5.19. The number of anilines is 1. The predicted octanol–water partition coefficient (Wildman–Crippen LogP) is 4.95. The molecule has 3 aromatic carbocycles. The van der Waals surface area contributed by atoms with Crippen molar-refractivity contribution in [2.45, 2.75) is 19.0 Å². The van der Waals surface area contributed by atoms with E-state index < -0.39 is 11.0 Å². The number of hydrogen-bond acceptors (Lipinski definition) is 4. The lowest BCUT2D eigenvalue weighted by Gasteiger charge is -2.24. The zero-order valence-corrected chi connectivity index (χ0v) is 16.5. The molecule has 2 N–H and O–H groups in total. The van der Waals surface area contributed by atoms with Crippen LogP contribution < -0.4 is 10.6 Å². The van der Waals surface area contributed by atoms with Gasteiger partial charge in [-0.3, -0.25) is 20.2 Å². The number of nitrogens with zero attached hydrogens (tertiary/aromatic N) is 1. The number of hydrogen-bond donors (Lipinski definition) is 2. The van der Waals surface area contributed by atoms with E-state index in [9.17, 15) is 14.9 Å². The summed E-state index contributed by atoms with van der Waals surface area (Å²) in [5.41, 5.74) is 2.26. The van der Waals surface area contributed by atoms with Crippen LogP contribution >= 0.6 is 11.6 Å². The van der Waals surface area contributed by atoms with Crippen LogP contribution in [0, 0.1) is 10.1 Å². The quantitative estimate of drug-likeness (QED) is 0.427. The van der Waals surface area contributed by atoms with Gasteiger partial charge >= 0.3 is 0 Å². The van der Waals surface area contributed by atoms with Crippen molar-refractivity contribution in [2.24, 2.45) is 0 Å². The molecule has 29 heavy (non-hydrogen) atoms. The van der Waals surface area contributed by atoms with Crippen LogP contribution in [-0.2, 0) is 4.79 Å². The summed E-state index contributed by atoms with van der Waals surface area (Å²) in [5.74, 6) is -0.294. The molecule has 0 aromatic heterocycles. The first-order chi connectivity index (χ1) is 14.0. The summed E-state index contributed by atoms with van der Waals surface area (Å²) in [5, 5.41) is 17.0. The molecule has 0 radical (unpaired) electrons. The Balaban J connectivity index is 1.77. The van der Waals surface area contributed by atoms with E-state index in [0.29, 0.717) is 5.69 Å². The summed E-state index contributed by atoms with van der Waals surface area (Å²) < 4.78 is 0. The van der Waals surface area contributed by atoms with E-state index >= 15 is 0 Å². The van der Waals surface area contributed by atoms with E-state index in [1.165, 1.54) is 18.2 Å². The minimum absolute atomic E-state index is 0.113. The van der Waals surface area contributed by atoms with Gasteiger partial charge in [-0.25, -0.2) is 0 Å². The highest BCUT2D eigenvalue weighted by Gasteiger charge is 2.21. The van der Waals surface area contributed by atoms with Gasteiger partial charge in [0.15, 0.2) is 0 Å². The SMILES string of the molecule is CC(NC(c1ccccc1)c1ccccc1)C(=O)Nc1ccc([N+](=O)[O-])cc1Cl. The minimum atomic E-state index is -0.549. The van der Waals surface area contributed by atoms with Crippen LogP contribution in [0.4, 0.5) is 11.4 Å². The first-order valence-electron chi connectivity index (χ1n) is 9.06. The molecule has 0 heterocycles. The number of nitro groups is 1. The Morgan fingerprint density at radius 1 is 0.966 bits per heavy atom. The number of carbonyl (C=O) groups excluding carboxylic acids is 1. The number of non-ortho nitro benzene ring substituents is 1. The lowest BCUT2D eigenvalue weighted by Crippen LogP contribution is -2.40. The highest BCUT2D eigenvalue weighted by Crippen LogP contribution is 2.27. The Kier molecular flexibility index (Phi) is 6.59. The molecule has 1 amide bonds. The number of nitro benzene ring substituents is 1. The van der Waals surface area contributed by atoms with Gasteiger partial charge in [0, 0.05) is 12.1 Å². The molecule has 0 aliphatic heterocycles. The Bertz CT molecular complexity index is 957. The summed E-state index contributed by atoms with van der Waals surface area (Å²) >= 11 is 6.08. The van der Waals surface area contributed by atoms with Crippen molar-refractivity contribution < 1.29 is 9.72 Å². The number of amides is 1. The van der Waals surface area contributed by atoms with Crippen molar-refractivity contribution in [2.75, 3.05) is 5.32 Å². The van der Waals surface area contributed by atoms with Gasteiger partial charge in [0.1, 0.15) is 0 Å². The van der Waals surface area contributed by atoms with E-state index in [0.717, 1.165) is 11.1 Å². The highest BCUT2D eigenvalue weighted by atomic mass is 35.5. The Labute approximate surface area is 173 Å². The number of benzene rings is 3. The van der Waals surface area contributed by atoms with Gasteiger partial charge in [0.05, 0.1) is 27.7 Å². The first kappa shape index (κ1) is 20.5. The van der Waals surface area contributed by atoms with Gasteiger partial charge in [0.2, 0.25) is 5.91 Å². The maximum atomic E-state index is 12.7. The van der Waals surface area contributed by atoms with Gasteiger partial charge < -0.3 is 5.32 Å². The highest BCUT2D eigenvalue weighted by molar-refractivity contribution is 6.34. The Hall–Kier alpha value is -3.22. The van der Waals surface area contributed by atoms with E-state index in [-0.39, 0.29) is 22.7 Å². The third-order valence-corrected chi connectivity index (χ3v) is 4.81. The molecule has 0 saturated carbocycles. The van der Waals surface area contributed by atoms with Crippen LogP contribution in [-0.4, -0.2) is 16.9 Å². The fourth-order valence-electron chi connectivity index (χ4n) is 2.96. The standard InChI is InChI=1S/C22H20ClN3O3/c1-15(22(27)25-20-13-12-18(26(28)29)14-19(20)23)24-21(16-8-4-2-5-9-16)17-10-6-3-7-11-17/h2-15,21,24H,1H3,(H,25,27). The average Bonchev–Trinajstić information content (AvgIpc) is 2.74. The third-order valence-electron chi connectivity index (χ3n) is 4.50. The number of rotatable bonds is 7. The molecule has 0 bridgehead atoms. The molecule has 0 saturated heterocycles. The van der Waals surface area contributed by atoms with Crippen LogP contribution in [0.3, 0.4) is 0 Å². The molecule has 3 rings (SSSR count). The zero-order valence-electron chi connectivity index (χ0n) is 15.7. The van der Waals surface area contributed by atoms with Crippen LogP contribution in [0.5, 0.6) is 0 Å². The second-order valence-electron chi connectivity index (χ2n) is 6.55. The van der Waals surface area contributed by atoms with Crippen molar-refractivity contribution in [3.05, 3.63) is 105 Å². The number of halogens is 1. The maximum absolute atomic E-state index is 12.7. The van der Waals surface area contributed by atoms with Crippen molar-refractivity contribution in [1.29, 1.82) is 0 Å². The lowest BCUT2D eigenvalue weighted by molar-refractivity contribution is -0.384. The van der Waals surface area contributed by atoms with Crippen LogP contribution in [0.2, 0.25) is 5.02 Å². The van der Waals surface area contributed by atoms with E-state index in [1.54, 1.807) is 6.92 Å². The molecule has 1 unspecified atom stereocenters. The van der Waals surface area contributed by atoms with Gasteiger partial charge in [0.25, 0.3) is 5.69 Å². The molecule has 0 aliphatic rings. The minimum Gasteiger partial charge on any atom is -0.323 e. The van der Waals surface area contributed by atoms with E-state index in [2.05, 4.69) is 10.6 Å².